The molecular weight excluding hydrogens is 424 g/mol. The Morgan fingerprint density at radius 1 is 0.824 bits per heavy atom. The van der Waals surface area contributed by atoms with Crippen molar-refractivity contribution < 1.29 is 14.6 Å². The van der Waals surface area contributed by atoms with Gasteiger partial charge in [0.05, 0.1) is 19.3 Å². The number of hydrogen-bond donors (Lipinski definition) is 1. The Morgan fingerprint density at radius 2 is 1.56 bits per heavy atom. The molecule has 0 amide bonds. The van der Waals surface area contributed by atoms with Crippen molar-refractivity contribution in [1.82, 2.24) is 9.97 Å². The Hall–Kier alpha value is -3.83. The van der Waals surface area contributed by atoms with Crippen LogP contribution in [0.25, 0.3) is 0 Å². The van der Waals surface area contributed by atoms with E-state index in [0.717, 1.165) is 23.1 Å². The summed E-state index contributed by atoms with van der Waals surface area (Å²) in [6, 6.07) is 20.4. The second-order valence-electron chi connectivity index (χ2n) is 8.10. The number of ether oxygens (including phenoxy) is 1. The lowest BCUT2D eigenvalue weighted by Crippen LogP contribution is -2.06. The Morgan fingerprint density at radius 3 is 2.26 bits per heavy atom. The summed E-state index contributed by atoms with van der Waals surface area (Å²) in [4.78, 5) is 19.6. The van der Waals surface area contributed by atoms with Gasteiger partial charge in [0.2, 0.25) is 0 Å². The third kappa shape index (κ3) is 6.83. The van der Waals surface area contributed by atoms with E-state index in [0.29, 0.717) is 12.0 Å². The predicted octanol–water partition coefficient (Wildman–Crippen LogP) is 5.24. The third-order valence-corrected chi connectivity index (χ3v) is 5.61. The summed E-state index contributed by atoms with van der Waals surface area (Å²) in [5, 5.41) is 9.23. The number of carbonyl (C=O) groups excluding carboxylic acids is 1. The molecule has 0 spiro atoms. The largest absolute Gasteiger partial charge is 0.465 e. The lowest BCUT2D eigenvalue weighted by molar-refractivity contribution is 0.0599. The van der Waals surface area contributed by atoms with Crippen molar-refractivity contribution in [3.05, 3.63) is 130 Å². The minimum atomic E-state index is -0.342. The van der Waals surface area contributed by atoms with Crippen LogP contribution in [-0.4, -0.2) is 28.2 Å². The Labute approximate surface area is 201 Å². The fourth-order valence-electron chi connectivity index (χ4n) is 3.70. The summed E-state index contributed by atoms with van der Waals surface area (Å²) in [5.74, 6) is -0.342. The first kappa shape index (κ1) is 24.8. The minimum absolute atomic E-state index is 0.0506. The summed E-state index contributed by atoms with van der Waals surface area (Å²) in [7, 11) is 1.38. The molecule has 4 rings (SSSR count). The molecule has 0 saturated carbocycles. The first-order chi connectivity index (χ1) is 16.5. The maximum Gasteiger partial charge on any atom is 0.339 e. The van der Waals surface area contributed by atoms with Crippen LogP contribution in [0.4, 0.5) is 0 Å². The average molecular weight is 455 g/mol. The number of aromatic nitrogens is 2. The number of nitrogens with zero attached hydrogens (tertiary/aromatic N) is 2. The molecule has 2 aromatic heterocycles. The topological polar surface area (TPSA) is 72.3 Å². The maximum absolute atomic E-state index is 11.6. The third-order valence-electron chi connectivity index (χ3n) is 5.61. The number of aliphatic hydroxyl groups is 1. The first-order valence-electron chi connectivity index (χ1n) is 11.2. The summed E-state index contributed by atoms with van der Waals surface area (Å²) in [6.45, 7) is 4.21. The number of methoxy groups -OCH3 is 1. The molecule has 5 nitrogen and oxygen atoms in total. The smallest absolute Gasteiger partial charge is 0.339 e. The van der Waals surface area contributed by atoms with Crippen LogP contribution in [0.5, 0.6) is 0 Å². The molecule has 0 fully saturated rings. The van der Waals surface area contributed by atoms with Crippen LogP contribution in [0.3, 0.4) is 0 Å². The lowest BCUT2D eigenvalue weighted by Gasteiger charge is -2.08. The zero-order valence-corrected chi connectivity index (χ0v) is 19.9. The molecule has 0 bridgehead atoms. The van der Waals surface area contributed by atoms with Crippen LogP contribution in [0.1, 0.15) is 49.3 Å². The van der Waals surface area contributed by atoms with Gasteiger partial charge in [0, 0.05) is 24.8 Å². The second-order valence-corrected chi connectivity index (χ2v) is 8.10. The first-order valence-corrected chi connectivity index (χ1v) is 11.2. The van der Waals surface area contributed by atoms with E-state index in [2.05, 4.69) is 54.1 Å². The SMILES string of the molecule is COC(=O)c1cnccc1Cc1cccc(C)c1.Cc1ccccc1Cc1ccncc1CO. The molecule has 0 aliphatic carbocycles. The van der Waals surface area contributed by atoms with Gasteiger partial charge in [-0.25, -0.2) is 4.79 Å². The van der Waals surface area contributed by atoms with Gasteiger partial charge in [-0.1, -0.05) is 54.1 Å². The summed E-state index contributed by atoms with van der Waals surface area (Å²) in [6.07, 6.45) is 8.30. The molecule has 34 heavy (non-hydrogen) atoms. The van der Waals surface area contributed by atoms with Crippen molar-refractivity contribution in [3.8, 4) is 0 Å². The molecule has 174 valence electrons. The van der Waals surface area contributed by atoms with Crippen LogP contribution in [-0.2, 0) is 24.2 Å². The van der Waals surface area contributed by atoms with E-state index in [1.165, 1.54) is 29.4 Å². The number of aliphatic hydroxyl groups excluding tert-OH is 1. The molecule has 2 heterocycles. The van der Waals surface area contributed by atoms with Crippen molar-refractivity contribution in [2.75, 3.05) is 7.11 Å². The van der Waals surface area contributed by atoms with Gasteiger partial charge in [0.15, 0.2) is 0 Å². The highest BCUT2D eigenvalue weighted by Gasteiger charge is 2.12. The van der Waals surface area contributed by atoms with Gasteiger partial charge in [-0.3, -0.25) is 9.97 Å². The normalized spacial score (nSPS) is 10.2. The summed E-state index contributed by atoms with van der Waals surface area (Å²) >= 11 is 0. The van der Waals surface area contributed by atoms with Gasteiger partial charge in [0.25, 0.3) is 0 Å². The maximum atomic E-state index is 11.6. The molecule has 0 atom stereocenters. The van der Waals surface area contributed by atoms with Crippen molar-refractivity contribution in [3.63, 3.8) is 0 Å². The van der Waals surface area contributed by atoms with Crippen molar-refractivity contribution in [2.45, 2.75) is 33.3 Å². The van der Waals surface area contributed by atoms with Crippen LogP contribution < -0.4 is 0 Å². The lowest BCUT2D eigenvalue weighted by atomic mass is 9.99. The van der Waals surface area contributed by atoms with Crippen LogP contribution >= 0.6 is 0 Å². The molecule has 1 N–H and O–H groups in total. The molecule has 0 radical (unpaired) electrons. The van der Waals surface area contributed by atoms with Crippen LogP contribution in [0, 0.1) is 13.8 Å². The van der Waals surface area contributed by atoms with Gasteiger partial charge < -0.3 is 9.84 Å². The second kappa shape index (κ2) is 12.4. The zero-order chi connectivity index (χ0) is 24.3. The van der Waals surface area contributed by atoms with Crippen molar-refractivity contribution in [1.29, 1.82) is 0 Å². The van der Waals surface area contributed by atoms with E-state index in [4.69, 9.17) is 4.74 Å². The van der Waals surface area contributed by atoms with Crippen LogP contribution in [0.15, 0.2) is 85.5 Å². The van der Waals surface area contributed by atoms with Crippen LogP contribution in [0.2, 0.25) is 0 Å². The molecule has 0 unspecified atom stereocenters. The highest BCUT2D eigenvalue weighted by molar-refractivity contribution is 5.90. The Bertz CT molecular complexity index is 1240. The standard InChI is InChI=1S/C15H15NO2.C14H15NO/c1-11-4-3-5-12(8-11)9-13-6-7-16-10-14(13)15(17)18-2;1-11-4-2-3-5-12(11)8-13-6-7-15-9-14(13)10-16/h3-8,10H,9H2,1-2H3;2-7,9,16H,8,10H2,1H3. The monoisotopic (exact) mass is 454 g/mol. The molecule has 2 aromatic carbocycles. The molecule has 5 heteroatoms. The summed E-state index contributed by atoms with van der Waals surface area (Å²) < 4.78 is 4.76. The fourth-order valence-corrected chi connectivity index (χ4v) is 3.70. The molecular formula is C29H30N2O3. The molecule has 0 saturated heterocycles. The van der Waals surface area contributed by atoms with Gasteiger partial charge in [-0.2, -0.15) is 0 Å². The highest BCUT2D eigenvalue weighted by atomic mass is 16.5. The predicted molar refractivity (Wildman–Crippen MR) is 134 cm³/mol. The number of pyridine rings is 2. The molecule has 0 aliphatic rings. The van der Waals surface area contributed by atoms with Crippen molar-refractivity contribution >= 4 is 5.97 Å². The number of rotatable bonds is 6. The summed E-state index contributed by atoms with van der Waals surface area (Å²) in [5.41, 5.74) is 8.47. The molecule has 4 aromatic rings. The number of aryl methyl sites for hydroxylation is 2. The zero-order valence-electron chi connectivity index (χ0n) is 19.9. The van der Waals surface area contributed by atoms with Crippen molar-refractivity contribution in [2.24, 2.45) is 0 Å². The van der Waals surface area contributed by atoms with E-state index in [1.54, 1.807) is 24.8 Å². The number of carbonyl (C=O) groups is 1. The van der Waals surface area contributed by atoms with E-state index in [1.807, 2.05) is 30.3 Å². The number of benzene rings is 2. The fraction of sp³-hybridized carbons (Fsp3) is 0.207. The minimum Gasteiger partial charge on any atom is -0.465 e. The number of esters is 1. The van der Waals surface area contributed by atoms with Gasteiger partial charge in [-0.15, -0.1) is 0 Å². The Balaban J connectivity index is 0.000000192. The van der Waals surface area contributed by atoms with E-state index >= 15 is 0 Å². The quantitative estimate of drug-likeness (QED) is 0.403. The van der Waals surface area contributed by atoms with Gasteiger partial charge in [0.1, 0.15) is 0 Å². The van der Waals surface area contributed by atoms with Gasteiger partial charge >= 0.3 is 5.97 Å². The van der Waals surface area contributed by atoms with E-state index in [-0.39, 0.29) is 12.6 Å². The molecule has 0 aliphatic heterocycles. The van der Waals surface area contributed by atoms with E-state index < -0.39 is 0 Å². The average Bonchev–Trinajstić information content (AvgIpc) is 2.86. The van der Waals surface area contributed by atoms with E-state index in [9.17, 15) is 9.90 Å². The highest BCUT2D eigenvalue weighted by Crippen LogP contribution is 2.17. The number of hydrogen-bond acceptors (Lipinski definition) is 5. The Kier molecular flexibility index (Phi) is 9.06. The van der Waals surface area contributed by atoms with Gasteiger partial charge in [-0.05, 0) is 72.2 Å².